The first-order chi connectivity index (χ1) is 17.6. The SMILES string of the molecule is CC(C)Nc1cc(-n2ccc3cc(CNC(=O)CC(C)(C)C)cnc32)ncc1C(=O)NCC(F)C(C)(C)O. The maximum Gasteiger partial charge on any atom is 0.255 e. The Balaban J connectivity index is 1.82. The molecular formula is C28H39FN6O3. The standard InChI is InChI=1S/C28H39FN6O3/c1-17(2)34-21-11-23(30-15-20(21)26(37)33-16-22(29)28(6,7)38)35-9-8-19-10-18(14-32-25(19)35)13-31-24(36)12-27(3,4)5/h8-11,14-15,17,22,38H,12-13,16H2,1-7H3,(H,30,34)(H,31,36)(H,33,37). The molecule has 38 heavy (non-hydrogen) atoms. The van der Waals surface area contributed by atoms with Gasteiger partial charge in [-0.1, -0.05) is 20.8 Å². The number of nitrogens with zero attached hydrogens (tertiary/aromatic N) is 3. The van der Waals surface area contributed by atoms with Crippen LogP contribution in [0, 0.1) is 5.41 Å². The number of anilines is 1. The van der Waals surface area contributed by atoms with E-state index in [4.69, 9.17) is 0 Å². The van der Waals surface area contributed by atoms with Crippen LogP contribution >= 0.6 is 0 Å². The van der Waals surface area contributed by atoms with Gasteiger partial charge < -0.3 is 21.1 Å². The Morgan fingerprint density at radius 1 is 1.08 bits per heavy atom. The van der Waals surface area contributed by atoms with Crippen molar-refractivity contribution in [3.63, 3.8) is 0 Å². The molecule has 9 nitrogen and oxygen atoms in total. The molecule has 0 radical (unpaired) electrons. The van der Waals surface area contributed by atoms with Crippen LogP contribution < -0.4 is 16.0 Å². The zero-order valence-electron chi connectivity index (χ0n) is 23.2. The van der Waals surface area contributed by atoms with E-state index < -0.39 is 17.7 Å². The lowest BCUT2D eigenvalue weighted by Gasteiger charge is -2.23. The van der Waals surface area contributed by atoms with Crippen molar-refractivity contribution in [2.24, 2.45) is 5.41 Å². The van der Waals surface area contributed by atoms with Crippen LogP contribution in [0.5, 0.6) is 0 Å². The Kier molecular flexibility index (Phi) is 8.76. The van der Waals surface area contributed by atoms with E-state index >= 15 is 0 Å². The van der Waals surface area contributed by atoms with Crippen molar-refractivity contribution in [2.45, 2.75) is 79.2 Å². The number of carbonyl (C=O) groups is 2. The van der Waals surface area contributed by atoms with E-state index in [9.17, 15) is 19.1 Å². The highest BCUT2D eigenvalue weighted by Crippen LogP contribution is 2.24. The summed E-state index contributed by atoms with van der Waals surface area (Å²) >= 11 is 0. The third kappa shape index (κ3) is 7.74. The summed E-state index contributed by atoms with van der Waals surface area (Å²) in [5.74, 6) is 0.0572. The van der Waals surface area contributed by atoms with Crippen LogP contribution in [0.15, 0.2) is 36.8 Å². The summed E-state index contributed by atoms with van der Waals surface area (Å²) in [5.41, 5.74) is 0.734. The van der Waals surface area contributed by atoms with Gasteiger partial charge in [0.25, 0.3) is 5.91 Å². The lowest BCUT2D eigenvalue weighted by Crippen LogP contribution is -2.42. The largest absolute Gasteiger partial charge is 0.387 e. The van der Waals surface area contributed by atoms with Gasteiger partial charge in [0.05, 0.1) is 23.4 Å². The molecule has 3 heterocycles. The number of carbonyl (C=O) groups excluding carboxylic acids is 2. The second-order valence-electron chi connectivity index (χ2n) is 11.7. The maximum atomic E-state index is 14.1. The summed E-state index contributed by atoms with van der Waals surface area (Å²) < 4.78 is 16.0. The van der Waals surface area contributed by atoms with E-state index in [1.54, 1.807) is 12.3 Å². The lowest BCUT2D eigenvalue weighted by atomic mass is 9.92. The average molecular weight is 527 g/mol. The van der Waals surface area contributed by atoms with E-state index in [-0.39, 0.29) is 29.5 Å². The fraction of sp³-hybridized carbons (Fsp3) is 0.500. The average Bonchev–Trinajstić information content (AvgIpc) is 3.22. The molecule has 10 heteroatoms. The molecular weight excluding hydrogens is 487 g/mol. The number of aliphatic hydroxyl groups is 1. The van der Waals surface area contributed by atoms with Gasteiger partial charge in [0.1, 0.15) is 17.6 Å². The monoisotopic (exact) mass is 526 g/mol. The number of rotatable bonds is 10. The van der Waals surface area contributed by atoms with Gasteiger partial charge in [-0.2, -0.15) is 0 Å². The molecule has 1 atom stereocenters. The van der Waals surface area contributed by atoms with Crippen LogP contribution in [0.1, 0.15) is 70.8 Å². The minimum Gasteiger partial charge on any atom is -0.387 e. The van der Waals surface area contributed by atoms with Crippen LogP contribution in [-0.4, -0.2) is 55.8 Å². The lowest BCUT2D eigenvalue weighted by molar-refractivity contribution is -0.122. The van der Waals surface area contributed by atoms with E-state index in [1.807, 2.05) is 57.5 Å². The summed E-state index contributed by atoms with van der Waals surface area (Å²) in [6.45, 7) is 12.7. The van der Waals surface area contributed by atoms with Crippen molar-refractivity contribution >= 4 is 28.5 Å². The van der Waals surface area contributed by atoms with E-state index in [0.717, 1.165) is 10.9 Å². The number of hydrogen-bond donors (Lipinski definition) is 4. The van der Waals surface area contributed by atoms with Gasteiger partial charge >= 0.3 is 0 Å². The number of nitrogens with one attached hydrogen (secondary N) is 3. The molecule has 0 bridgehead atoms. The molecule has 3 aromatic heterocycles. The van der Waals surface area contributed by atoms with Crippen molar-refractivity contribution < 1.29 is 19.1 Å². The van der Waals surface area contributed by atoms with Gasteiger partial charge in [0, 0.05) is 49.1 Å². The molecule has 0 saturated carbocycles. The van der Waals surface area contributed by atoms with Crippen molar-refractivity contribution in [3.8, 4) is 5.82 Å². The number of fused-ring (bicyclic) bond motifs is 1. The van der Waals surface area contributed by atoms with Crippen molar-refractivity contribution in [3.05, 3.63) is 47.9 Å². The Bertz CT molecular complexity index is 1290. The number of amides is 2. The predicted molar refractivity (Wildman–Crippen MR) is 147 cm³/mol. The zero-order valence-corrected chi connectivity index (χ0v) is 23.2. The third-order valence-electron chi connectivity index (χ3n) is 5.80. The quantitative estimate of drug-likeness (QED) is 0.315. The Labute approximate surface area is 223 Å². The molecule has 0 fully saturated rings. The van der Waals surface area contributed by atoms with Gasteiger partial charge in [-0.15, -0.1) is 0 Å². The molecule has 1 unspecified atom stereocenters. The van der Waals surface area contributed by atoms with Crippen LogP contribution in [0.3, 0.4) is 0 Å². The first kappa shape index (κ1) is 29.0. The van der Waals surface area contributed by atoms with Gasteiger partial charge in [-0.3, -0.25) is 14.2 Å². The molecule has 0 aliphatic carbocycles. The van der Waals surface area contributed by atoms with Crippen LogP contribution in [0.4, 0.5) is 10.1 Å². The normalized spacial score (nSPS) is 13.0. The summed E-state index contributed by atoms with van der Waals surface area (Å²) in [7, 11) is 0. The van der Waals surface area contributed by atoms with Gasteiger partial charge in [0.15, 0.2) is 0 Å². The van der Waals surface area contributed by atoms with E-state index in [1.165, 1.54) is 20.0 Å². The summed E-state index contributed by atoms with van der Waals surface area (Å²) in [5, 5.41) is 19.4. The first-order valence-corrected chi connectivity index (χ1v) is 12.8. The Morgan fingerprint density at radius 3 is 2.42 bits per heavy atom. The van der Waals surface area contributed by atoms with Crippen LogP contribution in [0.25, 0.3) is 16.9 Å². The molecule has 3 aromatic rings. The minimum atomic E-state index is -1.62. The van der Waals surface area contributed by atoms with Crippen LogP contribution in [0.2, 0.25) is 0 Å². The van der Waals surface area contributed by atoms with E-state index in [0.29, 0.717) is 30.1 Å². The topological polar surface area (TPSA) is 121 Å². The van der Waals surface area contributed by atoms with Crippen molar-refractivity contribution in [2.75, 3.05) is 11.9 Å². The molecule has 0 aliphatic heterocycles. The van der Waals surface area contributed by atoms with Gasteiger partial charge in [-0.05, 0) is 50.8 Å². The van der Waals surface area contributed by atoms with Gasteiger partial charge in [-0.25, -0.2) is 14.4 Å². The third-order valence-corrected chi connectivity index (χ3v) is 5.80. The maximum absolute atomic E-state index is 14.1. The first-order valence-electron chi connectivity index (χ1n) is 12.8. The second-order valence-corrected chi connectivity index (χ2v) is 11.7. The predicted octanol–water partition coefficient (Wildman–Crippen LogP) is 4.13. The fourth-order valence-electron chi connectivity index (χ4n) is 3.81. The van der Waals surface area contributed by atoms with Crippen LogP contribution in [-0.2, 0) is 11.3 Å². The molecule has 206 valence electrons. The summed E-state index contributed by atoms with van der Waals surface area (Å²) in [6.07, 6.45) is 3.84. The minimum absolute atomic E-state index is 0.00390. The summed E-state index contributed by atoms with van der Waals surface area (Å²) in [6, 6.07) is 5.66. The highest BCUT2D eigenvalue weighted by Gasteiger charge is 2.27. The number of pyridine rings is 2. The smallest absolute Gasteiger partial charge is 0.255 e. The van der Waals surface area contributed by atoms with Gasteiger partial charge in [0.2, 0.25) is 5.91 Å². The highest BCUT2D eigenvalue weighted by atomic mass is 19.1. The van der Waals surface area contributed by atoms with Crippen molar-refractivity contribution in [1.29, 1.82) is 0 Å². The molecule has 0 saturated heterocycles. The summed E-state index contributed by atoms with van der Waals surface area (Å²) in [4.78, 5) is 34.1. The number of aromatic nitrogens is 3. The van der Waals surface area contributed by atoms with E-state index in [2.05, 4.69) is 25.9 Å². The number of alkyl halides is 1. The molecule has 0 spiro atoms. The Morgan fingerprint density at radius 2 is 1.79 bits per heavy atom. The molecule has 4 N–H and O–H groups in total. The molecule has 0 aliphatic rings. The molecule has 2 amide bonds. The fourth-order valence-corrected chi connectivity index (χ4v) is 3.81. The Hall–Kier alpha value is -3.53. The molecule has 3 rings (SSSR count). The molecule has 0 aromatic carbocycles. The highest BCUT2D eigenvalue weighted by molar-refractivity contribution is 5.99. The van der Waals surface area contributed by atoms with Crippen molar-refractivity contribution in [1.82, 2.24) is 25.2 Å². The second kappa shape index (κ2) is 11.5. The number of hydrogen-bond acceptors (Lipinski definition) is 6. The number of halogens is 1. The zero-order chi connectivity index (χ0) is 28.3.